The minimum atomic E-state index is 0.899. The summed E-state index contributed by atoms with van der Waals surface area (Å²) in [4.78, 5) is 0. The minimum absolute atomic E-state index is 0.899. The van der Waals surface area contributed by atoms with E-state index in [1.807, 2.05) is 24.3 Å². The lowest BCUT2D eigenvalue weighted by Crippen LogP contribution is -1.82. The molecule has 2 nitrogen and oxygen atoms in total. The second-order valence-corrected chi connectivity index (χ2v) is 4.59. The monoisotopic (exact) mass is 252 g/mol. The molecule has 0 saturated heterocycles. The normalized spacial score (nSPS) is 13.4. The molecule has 19 heavy (non-hydrogen) atoms. The number of hydrogen-bond donors (Lipinski definition) is 0. The summed E-state index contributed by atoms with van der Waals surface area (Å²) in [6.45, 7) is 0. The van der Waals surface area contributed by atoms with Gasteiger partial charge < -0.3 is 9.47 Å². The van der Waals surface area contributed by atoms with Crippen LogP contribution >= 0.6 is 0 Å². The van der Waals surface area contributed by atoms with E-state index < -0.39 is 0 Å². The van der Waals surface area contributed by atoms with Gasteiger partial charge in [-0.25, -0.2) is 0 Å². The second kappa shape index (κ2) is 4.81. The van der Waals surface area contributed by atoms with E-state index >= 15 is 0 Å². The van der Waals surface area contributed by atoms with Crippen LogP contribution in [0.5, 0.6) is 11.5 Å². The van der Waals surface area contributed by atoms with Crippen molar-refractivity contribution in [2.75, 3.05) is 14.2 Å². The van der Waals surface area contributed by atoms with Crippen molar-refractivity contribution in [3.63, 3.8) is 0 Å². The van der Waals surface area contributed by atoms with Gasteiger partial charge in [-0.3, -0.25) is 0 Å². The molecule has 0 atom stereocenters. The molecule has 0 aromatic heterocycles. The van der Waals surface area contributed by atoms with E-state index in [4.69, 9.17) is 9.47 Å². The molecule has 0 aliphatic heterocycles. The van der Waals surface area contributed by atoms with Crippen LogP contribution in [0.1, 0.15) is 17.5 Å². The van der Waals surface area contributed by atoms with Crippen LogP contribution in [0, 0.1) is 0 Å². The summed E-state index contributed by atoms with van der Waals surface area (Å²) in [6, 6.07) is 16.5. The largest absolute Gasteiger partial charge is 0.497 e. The molecule has 0 spiro atoms. The van der Waals surface area contributed by atoms with Gasteiger partial charge >= 0.3 is 0 Å². The first kappa shape index (κ1) is 11.8. The predicted octanol–water partition coefficient (Wildman–Crippen LogP) is 4.02. The Hall–Kier alpha value is -2.22. The molecule has 2 aromatic rings. The quantitative estimate of drug-likeness (QED) is 0.818. The fourth-order valence-corrected chi connectivity index (χ4v) is 2.27. The molecule has 1 aliphatic carbocycles. The van der Waals surface area contributed by atoms with E-state index in [-0.39, 0.29) is 0 Å². The van der Waals surface area contributed by atoms with Crippen LogP contribution < -0.4 is 9.47 Å². The van der Waals surface area contributed by atoms with Gasteiger partial charge in [0.05, 0.1) is 14.2 Å². The number of hydrogen-bond acceptors (Lipinski definition) is 2. The van der Waals surface area contributed by atoms with Crippen LogP contribution in [-0.2, 0) is 0 Å². The van der Waals surface area contributed by atoms with Crippen LogP contribution in [0.25, 0.3) is 11.1 Å². The Morgan fingerprint density at radius 2 is 1.00 bits per heavy atom. The van der Waals surface area contributed by atoms with Crippen molar-refractivity contribution in [1.29, 1.82) is 0 Å². The summed E-state index contributed by atoms with van der Waals surface area (Å²) < 4.78 is 10.4. The number of allylic oxidation sites excluding steroid dienone is 2. The van der Waals surface area contributed by atoms with Gasteiger partial charge in [0.25, 0.3) is 0 Å². The predicted molar refractivity (Wildman–Crippen MR) is 77.4 cm³/mol. The average molecular weight is 252 g/mol. The standard InChI is InChI=1S/C17H16O2/c1-18-14-7-3-12(4-8-14)16-11-17(16)13-5-9-15(19-2)10-6-13/h3-10H,11H2,1-2H3. The Kier molecular flexibility index (Phi) is 3.00. The molecule has 0 N–H and O–H groups in total. The van der Waals surface area contributed by atoms with Crippen LogP contribution in [-0.4, -0.2) is 14.2 Å². The molecule has 1 aliphatic rings. The molecule has 0 radical (unpaired) electrons. The van der Waals surface area contributed by atoms with Gasteiger partial charge in [0, 0.05) is 0 Å². The fourth-order valence-electron chi connectivity index (χ4n) is 2.27. The van der Waals surface area contributed by atoms with E-state index in [0.29, 0.717) is 0 Å². The fraction of sp³-hybridized carbons (Fsp3) is 0.176. The van der Waals surface area contributed by atoms with E-state index in [9.17, 15) is 0 Å². The molecule has 3 rings (SSSR count). The first-order valence-electron chi connectivity index (χ1n) is 6.32. The Morgan fingerprint density at radius 3 is 1.32 bits per heavy atom. The summed E-state index contributed by atoms with van der Waals surface area (Å²) in [5.41, 5.74) is 5.42. The molecule has 2 aromatic carbocycles. The molecule has 2 heteroatoms. The Labute approximate surface area is 113 Å². The third-order valence-corrected chi connectivity index (χ3v) is 3.47. The highest BCUT2D eigenvalue weighted by atomic mass is 16.5. The minimum Gasteiger partial charge on any atom is -0.497 e. The second-order valence-electron chi connectivity index (χ2n) is 4.59. The summed E-state index contributed by atoms with van der Waals surface area (Å²) in [7, 11) is 3.38. The van der Waals surface area contributed by atoms with Crippen molar-refractivity contribution in [3.8, 4) is 11.5 Å². The molecular formula is C17H16O2. The van der Waals surface area contributed by atoms with Gasteiger partial charge in [-0.15, -0.1) is 0 Å². The zero-order chi connectivity index (χ0) is 13.2. The smallest absolute Gasteiger partial charge is 0.118 e. The molecule has 0 bridgehead atoms. The van der Waals surface area contributed by atoms with Gasteiger partial charge in [0.1, 0.15) is 11.5 Å². The van der Waals surface area contributed by atoms with Gasteiger partial charge in [0.2, 0.25) is 0 Å². The lowest BCUT2D eigenvalue weighted by atomic mass is 10.1. The van der Waals surface area contributed by atoms with Crippen molar-refractivity contribution >= 4 is 11.1 Å². The summed E-state index contributed by atoms with van der Waals surface area (Å²) in [5, 5.41) is 0. The van der Waals surface area contributed by atoms with E-state index in [1.165, 1.54) is 22.3 Å². The highest BCUT2D eigenvalue weighted by molar-refractivity contribution is 6.08. The van der Waals surface area contributed by atoms with Crippen LogP contribution in [0.15, 0.2) is 48.5 Å². The highest BCUT2D eigenvalue weighted by Crippen LogP contribution is 2.47. The molecule has 0 amide bonds. The zero-order valence-electron chi connectivity index (χ0n) is 11.1. The number of methoxy groups -OCH3 is 2. The van der Waals surface area contributed by atoms with Crippen molar-refractivity contribution < 1.29 is 9.47 Å². The first-order chi connectivity index (χ1) is 9.31. The summed E-state index contributed by atoms with van der Waals surface area (Å²) >= 11 is 0. The summed E-state index contributed by atoms with van der Waals surface area (Å²) in [5.74, 6) is 1.80. The Morgan fingerprint density at radius 1 is 0.632 bits per heavy atom. The maximum Gasteiger partial charge on any atom is 0.118 e. The average Bonchev–Trinajstić information content (AvgIpc) is 3.28. The number of rotatable bonds is 4. The topological polar surface area (TPSA) is 18.5 Å². The maximum absolute atomic E-state index is 5.18. The van der Waals surface area contributed by atoms with E-state index in [2.05, 4.69) is 24.3 Å². The lowest BCUT2D eigenvalue weighted by molar-refractivity contribution is 0.414. The Balaban J connectivity index is 1.84. The van der Waals surface area contributed by atoms with E-state index in [1.54, 1.807) is 14.2 Å². The van der Waals surface area contributed by atoms with E-state index in [0.717, 1.165) is 17.9 Å². The molecule has 96 valence electrons. The number of ether oxygens (including phenoxy) is 2. The molecule has 0 heterocycles. The maximum atomic E-state index is 5.18. The lowest BCUT2D eigenvalue weighted by Gasteiger charge is -2.00. The van der Waals surface area contributed by atoms with Crippen molar-refractivity contribution in [2.24, 2.45) is 0 Å². The third kappa shape index (κ3) is 2.34. The van der Waals surface area contributed by atoms with Crippen molar-refractivity contribution in [1.82, 2.24) is 0 Å². The third-order valence-electron chi connectivity index (χ3n) is 3.47. The van der Waals surface area contributed by atoms with Crippen LogP contribution in [0.2, 0.25) is 0 Å². The zero-order valence-corrected chi connectivity index (χ0v) is 11.1. The SMILES string of the molecule is COc1ccc(C2=C(c3ccc(OC)cc3)C2)cc1. The number of benzene rings is 2. The molecule has 0 saturated carbocycles. The summed E-state index contributed by atoms with van der Waals surface area (Å²) in [6.07, 6.45) is 1.07. The van der Waals surface area contributed by atoms with Crippen molar-refractivity contribution in [2.45, 2.75) is 6.42 Å². The van der Waals surface area contributed by atoms with Crippen LogP contribution in [0.3, 0.4) is 0 Å². The van der Waals surface area contributed by atoms with Gasteiger partial charge in [-0.05, 0) is 53.0 Å². The molecule has 0 unspecified atom stereocenters. The molecule has 0 fully saturated rings. The Bertz CT molecular complexity index is 551. The van der Waals surface area contributed by atoms with Gasteiger partial charge in [0.15, 0.2) is 0 Å². The first-order valence-corrected chi connectivity index (χ1v) is 6.32. The van der Waals surface area contributed by atoms with Gasteiger partial charge in [-0.1, -0.05) is 24.3 Å². The highest BCUT2D eigenvalue weighted by Gasteiger charge is 2.24. The molecular weight excluding hydrogens is 236 g/mol. The van der Waals surface area contributed by atoms with Gasteiger partial charge in [-0.2, -0.15) is 0 Å². The van der Waals surface area contributed by atoms with Crippen LogP contribution in [0.4, 0.5) is 0 Å². The van der Waals surface area contributed by atoms with Crippen molar-refractivity contribution in [3.05, 3.63) is 59.7 Å².